The van der Waals surface area contributed by atoms with Gasteiger partial charge in [0, 0.05) is 12.1 Å². The Kier molecular flexibility index (Phi) is 5.35. The summed E-state index contributed by atoms with van der Waals surface area (Å²) < 4.78 is 2.29. The standard InChI is InChI=1S/C20H24NSi/c1-5-21(19-14-10-7-11-15-19)20(16-17-22(2,3)4)18-12-8-6-9-13-18/h6-15H,5H2,1-4H3/q+1. The van der Waals surface area contributed by atoms with E-state index < -0.39 is 8.07 Å². The molecule has 1 nitrogen and oxygen atoms in total. The minimum Gasteiger partial charge on any atom is -0.185 e. The van der Waals surface area contributed by atoms with Crippen molar-refractivity contribution in [3.05, 3.63) is 66.2 Å². The summed E-state index contributed by atoms with van der Waals surface area (Å²) in [6, 6.07) is 21.0. The Bertz CT molecular complexity index is 698. The molecule has 0 N–H and O–H groups in total. The van der Waals surface area contributed by atoms with Gasteiger partial charge in [0.25, 0.3) is 5.71 Å². The minimum absolute atomic E-state index is 0.897. The van der Waals surface area contributed by atoms with Gasteiger partial charge in [-0.05, 0) is 25.0 Å². The Morgan fingerprint density at radius 2 is 1.45 bits per heavy atom. The molecule has 2 heteroatoms. The third-order valence-electron chi connectivity index (χ3n) is 3.26. The van der Waals surface area contributed by atoms with Crippen LogP contribution in [0.1, 0.15) is 12.5 Å². The minimum atomic E-state index is -1.42. The number of hydrogen-bond acceptors (Lipinski definition) is 0. The third kappa shape index (κ3) is 4.44. The number of nitrogens with zero attached hydrogens (tertiary/aromatic N) is 1. The molecule has 0 fully saturated rings. The van der Waals surface area contributed by atoms with E-state index in [-0.39, 0.29) is 0 Å². The fraction of sp³-hybridized carbons (Fsp3) is 0.250. The maximum absolute atomic E-state index is 3.52. The molecule has 0 saturated carbocycles. The molecule has 0 unspecified atom stereocenters. The average molecular weight is 307 g/mol. The molecule has 2 aromatic rings. The largest absolute Gasteiger partial charge is 0.264 e. The van der Waals surface area contributed by atoms with Crippen LogP contribution in [0.5, 0.6) is 0 Å². The van der Waals surface area contributed by atoms with Gasteiger partial charge < -0.3 is 0 Å². The summed E-state index contributed by atoms with van der Waals surface area (Å²) >= 11 is 0. The van der Waals surface area contributed by atoms with E-state index in [0.29, 0.717) is 0 Å². The molecule has 22 heavy (non-hydrogen) atoms. The molecule has 0 aliphatic carbocycles. The highest BCUT2D eigenvalue weighted by atomic mass is 28.3. The van der Waals surface area contributed by atoms with Gasteiger partial charge >= 0.3 is 0 Å². The van der Waals surface area contributed by atoms with Crippen molar-refractivity contribution in [1.29, 1.82) is 0 Å². The highest BCUT2D eigenvalue weighted by Crippen LogP contribution is 2.13. The maximum atomic E-state index is 3.52. The number of benzene rings is 2. The smallest absolute Gasteiger partial charge is 0.185 e. The van der Waals surface area contributed by atoms with Crippen molar-refractivity contribution in [1.82, 2.24) is 0 Å². The van der Waals surface area contributed by atoms with Gasteiger partial charge in [0.2, 0.25) is 5.69 Å². The monoisotopic (exact) mass is 306 g/mol. The molecule has 2 aromatic carbocycles. The van der Waals surface area contributed by atoms with Crippen LogP contribution in [0.4, 0.5) is 5.69 Å². The summed E-state index contributed by atoms with van der Waals surface area (Å²) in [7, 11) is -1.42. The zero-order chi connectivity index (χ0) is 16.0. The lowest BCUT2D eigenvalue weighted by Gasteiger charge is -2.07. The summed E-state index contributed by atoms with van der Waals surface area (Å²) in [5, 5.41) is 0. The van der Waals surface area contributed by atoms with Crippen molar-refractivity contribution in [2.24, 2.45) is 0 Å². The average Bonchev–Trinajstić information content (AvgIpc) is 2.52. The van der Waals surface area contributed by atoms with Gasteiger partial charge in [0.15, 0.2) is 0 Å². The summed E-state index contributed by atoms with van der Waals surface area (Å²) in [6.07, 6.45) is 0. The van der Waals surface area contributed by atoms with Gasteiger partial charge in [-0.1, -0.05) is 56.0 Å². The number of rotatable bonds is 3. The third-order valence-corrected chi connectivity index (χ3v) is 4.13. The Morgan fingerprint density at radius 1 is 0.909 bits per heavy atom. The van der Waals surface area contributed by atoms with Crippen LogP contribution in [0, 0.1) is 11.5 Å². The first kappa shape index (κ1) is 16.3. The summed E-state index contributed by atoms with van der Waals surface area (Å²) in [6.45, 7) is 9.91. The van der Waals surface area contributed by atoms with E-state index in [1.165, 1.54) is 11.3 Å². The molecule has 0 aliphatic rings. The first-order valence-electron chi connectivity index (χ1n) is 7.79. The maximum Gasteiger partial charge on any atom is 0.264 e. The molecule has 0 atom stereocenters. The van der Waals surface area contributed by atoms with Gasteiger partial charge in [0.1, 0.15) is 14.6 Å². The van der Waals surface area contributed by atoms with Crippen LogP contribution in [0.2, 0.25) is 19.6 Å². The lowest BCUT2D eigenvalue weighted by Crippen LogP contribution is -2.20. The predicted octanol–water partition coefficient (Wildman–Crippen LogP) is 4.72. The Morgan fingerprint density at radius 3 is 1.95 bits per heavy atom. The van der Waals surface area contributed by atoms with Gasteiger partial charge in [0.05, 0.1) is 5.56 Å². The van der Waals surface area contributed by atoms with Gasteiger partial charge in [-0.2, -0.15) is 4.58 Å². The van der Waals surface area contributed by atoms with Crippen molar-refractivity contribution in [2.75, 3.05) is 6.54 Å². The molecule has 0 heterocycles. The molecule has 0 radical (unpaired) electrons. The lowest BCUT2D eigenvalue weighted by atomic mass is 10.1. The predicted molar refractivity (Wildman–Crippen MR) is 98.6 cm³/mol. The van der Waals surface area contributed by atoms with Crippen molar-refractivity contribution >= 4 is 19.5 Å². The van der Waals surface area contributed by atoms with Crippen LogP contribution < -0.4 is 0 Å². The molecule has 0 amide bonds. The Labute approximate surface area is 135 Å². The molecule has 0 saturated heterocycles. The first-order valence-corrected chi connectivity index (χ1v) is 11.3. The highest BCUT2D eigenvalue weighted by molar-refractivity contribution is 6.84. The lowest BCUT2D eigenvalue weighted by molar-refractivity contribution is -0.434. The van der Waals surface area contributed by atoms with E-state index >= 15 is 0 Å². The van der Waals surface area contributed by atoms with Crippen LogP contribution in [-0.2, 0) is 0 Å². The molecule has 0 aromatic heterocycles. The van der Waals surface area contributed by atoms with E-state index in [1.807, 2.05) is 12.1 Å². The molecule has 0 spiro atoms. The summed E-state index contributed by atoms with van der Waals surface area (Å²) in [4.78, 5) is 0. The Balaban J connectivity index is 2.65. The molecule has 0 aliphatic heterocycles. The van der Waals surface area contributed by atoms with Crippen LogP contribution in [0.15, 0.2) is 60.7 Å². The molecule has 0 bridgehead atoms. The normalized spacial score (nSPS) is 12.2. The summed E-state index contributed by atoms with van der Waals surface area (Å²) in [5.41, 5.74) is 6.98. The fourth-order valence-corrected chi connectivity index (χ4v) is 2.71. The van der Waals surface area contributed by atoms with Crippen LogP contribution in [0.3, 0.4) is 0 Å². The second-order valence-electron chi connectivity index (χ2n) is 6.29. The zero-order valence-corrected chi connectivity index (χ0v) is 14.9. The van der Waals surface area contributed by atoms with Gasteiger partial charge in [-0.25, -0.2) is 0 Å². The first-order chi connectivity index (χ1) is 10.5. The van der Waals surface area contributed by atoms with E-state index in [4.69, 9.17) is 0 Å². The second kappa shape index (κ2) is 7.24. The second-order valence-corrected chi connectivity index (χ2v) is 11.0. The zero-order valence-electron chi connectivity index (χ0n) is 13.9. The highest BCUT2D eigenvalue weighted by Gasteiger charge is 2.17. The fourth-order valence-electron chi connectivity index (χ4n) is 2.22. The van der Waals surface area contributed by atoms with Crippen LogP contribution in [0.25, 0.3) is 0 Å². The molecular formula is C20H24NSi+. The van der Waals surface area contributed by atoms with Crippen molar-refractivity contribution < 1.29 is 4.58 Å². The van der Waals surface area contributed by atoms with E-state index in [2.05, 4.69) is 91.1 Å². The van der Waals surface area contributed by atoms with Crippen molar-refractivity contribution in [3.8, 4) is 11.5 Å². The van der Waals surface area contributed by atoms with Crippen LogP contribution >= 0.6 is 0 Å². The molecular weight excluding hydrogens is 282 g/mol. The van der Waals surface area contributed by atoms with E-state index in [9.17, 15) is 0 Å². The SMILES string of the molecule is CC[N+](=C(C#C[Si](C)(C)C)c1ccccc1)c1ccccc1. The molecule has 2 rings (SSSR count). The summed E-state index contributed by atoms with van der Waals surface area (Å²) in [5.74, 6) is 3.48. The number of para-hydroxylation sites is 1. The Hall–Kier alpha value is -2.11. The van der Waals surface area contributed by atoms with E-state index in [0.717, 1.165) is 12.3 Å². The van der Waals surface area contributed by atoms with Gasteiger partial charge in [-0.15, -0.1) is 5.54 Å². The quantitative estimate of drug-likeness (QED) is 0.334. The van der Waals surface area contributed by atoms with Crippen molar-refractivity contribution in [2.45, 2.75) is 26.6 Å². The number of hydrogen-bond donors (Lipinski definition) is 0. The topological polar surface area (TPSA) is 3.01 Å². The molecule has 112 valence electrons. The van der Waals surface area contributed by atoms with Gasteiger partial charge in [-0.3, -0.25) is 0 Å². The van der Waals surface area contributed by atoms with Crippen LogP contribution in [-0.4, -0.2) is 24.9 Å². The van der Waals surface area contributed by atoms with E-state index in [1.54, 1.807) is 0 Å². The van der Waals surface area contributed by atoms with Crippen molar-refractivity contribution in [3.63, 3.8) is 0 Å².